The van der Waals surface area contributed by atoms with E-state index in [2.05, 4.69) is 10.3 Å². The van der Waals surface area contributed by atoms with Crippen molar-refractivity contribution in [1.82, 2.24) is 4.98 Å². The van der Waals surface area contributed by atoms with Crippen molar-refractivity contribution >= 4 is 51.2 Å². The molecule has 0 unspecified atom stereocenters. The maximum atomic E-state index is 13.0. The molecule has 0 fully saturated rings. The third kappa shape index (κ3) is 3.89. The van der Waals surface area contributed by atoms with Crippen LogP contribution >= 0.6 is 23.7 Å². The zero-order valence-corrected chi connectivity index (χ0v) is 15.3. The Bertz CT molecular complexity index is 912. The van der Waals surface area contributed by atoms with Crippen LogP contribution in [0.1, 0.15) is 20.9 Å². The zero-order valence-electron chi connectivity index (χ0n) is 13.6. The molecule has 2 heterocycles. The van der Waals surface area contributed by atoms with Gasteiger partial charge in [0.15, 0.2) is 0 Å². The molecule has 3 rings (SSSR count). The molecule has 5 nitrogen and oxygen atoms in total. The van der Waals surface area contributed by atoms with Gasteiger partial charge in [-0.25, -0.2) is 9.37 Å². The van der Waals surface area contributed by atoms with Crippen molar-refractivity contribution in [2.24, 2.45) is 0 Å². The van der Waals surface area contributed by atoms with Crippen LogP contribution in [-0.4, -0.2) is 18.0 Å². The molecule has 25 heavy (non-hydrogen) atoms. The molecule has 0 saturated carbocycles. The number of aromatic nitrogens is 1. The molecule has 8 heteroatoms. The minimum absolute atomic E-state index is 0. The van der Waals surface area contributed by atoms with Crippen molar-refractivity contribution < 1.29 is 13.9 Å². The molecule has 0 radical (unpaired) electrons. The van der Waals surface area contributed by atoms with Crippen LogP contribution in [0.5, 0.6) is 0 Å². The lowest BCUT2D eigenvalue weighted by Crippen LogP contribution is -2.12. The maximum absolute atomic E-state index is 13.0. The molecule has 0 bridgehead atoms. The molecule has 3 N–H and O–H groups in total. The molecule has 0 saturated heterocycles. The average molecular weight is 382 g/mol. The minimum atomic E-state index is -0.363. The van der Waals surface area contributed by atoms with Gasteiger partial charge < -0.3 is 15.8 Å². The lowest BCUT2D eigenvalue weighted by Gasteiger charge is -2.05. The molecule has 0 atom stereocenters. The summed E-state index contributed by atoms with van der Waals surface area (Å²) < 4.78 is 18.2. The summed E-state index contributed by atoms with van der Waals surface area (Å²) in [5, 5.41) is 3.47. The van der Waals surface area contributed by atoms with Gasteiger partial charge in [0.05, 0.1) is 12.3 Å². The van der Waals surface area contributed by atoms with Crippen molar-refractivity contribution in [1.29, 1.82) is 0 Å². The van der Waals surface area contributed by atoms with Gasteiger partial charge in [-0.2, -0.15) is 0 Å². The van der Waals surface area contributed by atoms with Crippen LogP contribution in [0.3, 0.4) is 0 Å². The molecular formula is C17H17ClFN3O2S. The lowest BCUT2D eigenvalue weighted by atomic mass is 10.1. The van der Waals surface area contributed by atoms with E-state index in [0.29, 0.717) is 27.7 Å². The van der Waals surface area contributed by atoms with Crippen molar-refractivity contribution in [2.45, 2.75) is 13.5 Å². The fraction of sp³-hybridized carbons (Fsp3) is 0.176. The van der Waals surface area contributed by atoms with Crippen molar-refractivity contribution in [3.8, 4) is 0 Å². The quantitative estimate of drug-likeness (QED) is 0.711. The molecular weight excluding hydrogens is 365 g/mol. The van der Waals surface area contributed by atoms with E-state index >= 15 is 0 Å². The van der Waals surface area contributed by atoms with Gasteiger partial charge in [0.1, 0.15) is 15.5 Å². The monoisotopic (exact) mass is 381 g/mol. The Morgan fingerprint density at radius 2 is 2.04 bits per heavy atom. The minimum Gasteiger partial charge on any atom is -0.397 e. The van der Waals surface area contributed by atoms with Gasteiger partial charge in [0.2, 0.25) is 0 Å². The third-order valence-electron chi connectivity index (χ3n) is 3.52. The Balaban J connectivity index is 0.00000225. The molecule has 0 aliphatic rings. The number of hydrogen-bond acceptors (Lipinski definition) is 5. The molecule has 0 aliphatic carbocycles. The van der Waals surface area contributed by atoms with Crippen LogP contribution in [0.2, 0.25) is 0 Å². The van der Waals surface area contributed by atoms with Crippen LogP contribution in [0.15, 0.2) is 30.3 Å². The number of nitrogens with zero attached hydrogens (tertiary/aromatic N) is 1. The van der Waals surface area contributed by atoms with E-state index in [9.17, 15) is 9.18 Å². The number of thiophene rings is 1. The number of hydrogen-bond donors (Lipinski definition) is 2. The first-order valence-electron chi connectivity index (χ1n) is 7.24. The first-order chi connectivity index (χ1) is 11.5. The summed E-state index contributed by atoms with van der Waals surface area (Å²) in [4.78, 5) is 18.0. The third-order valence-corrected chi connectivity index (χ3v) is 4.62. The number of aryl methyl sites for hydroxylation is 1. The Hall–Kier alpha value is -2.22. The SMILES string of the molecule is COCc1cc(C)nc2sc(C(=O)Nc3ccc(F)cc3)c(N)c12.Cl. The zero-order chi connectivity index (χ0) is 17.3. The highest BCUT2D eigenvalue weighted by Crippen LogP contribution is 2.36. The molecule has 0 aliphatic heterocycles. The molecule has 3 aromatic rings. The van der Waals surface area contributed by atoms with E-state index in [1.807, 2.05) is 13.0 Å². The number of halogens is 2. The summed E-state index contributed by atoms with van der Waals surface area (Å²) in [6, 6.07) is 7.46. The van der Waals surface area contributed by atoms with E-state index < -0.39 is 0 Å². The van der Waals surface area contributed by atoms with Crippen LogP contribution in [-0.2, 0) is 11.3 Å². The smallest absolute Gasteiger partial charge is 0.267 e. The standard InChI is InChI=1S/C17H16FN3O2S.ClH/c1-9-7-10(8-23-2)13-14(19)15(24-17(13)20-9)16(22)21-12-5-3-11(18)4-6-12;/h3-7H,8,19H2,1-2H3,(H,21,22);1H. The van der Waals surface area contributed by atoms with Crippen molar-refractivity contribution in [2.75, 3.05) is 18.2 Å². The van der Waals surface area contributed by atoms with Crippen molar-refractivity contribution in [3.63, 3.8) is 0 Å². The summed E-state index contributed by atoms with van der Waals surface area (Å²) in [5.41, 5.74) is 8.81. The number of ether oxygens (including phenoxy) is 1. The Kier molecular flexibility index (Phi) is 5.94. The summed E-state index contributed by atoms with van der Waals surface area (Å²) >= 11 is 1.23. The number of benzene rings is 1. The number of nitrogens with two attached hydrogens (primary N) is 1. The number of nitrogens with one attached hydrogen (secondary N) is 1. The summed E-state index contributed by atoms with van der Waals surface area (Å²) in [5.74, 6) is -0.707. The molecule has 2 aromatic heterocycles. The van der Waals surface area contributed by atoms with E-state index in [0.717, 1.165) is 16.6 Å². The van der Waals surface area contributed by atoms with Crippen LogP contribution < -0.4 is 11.1 Å². The van der Waals surface area contributed by atoms with Gasteiger partial charge in [-0.15, -0.1) is 23.7 Å². The van der Waals surface area contributed by atoms with Gasteiger partial charge in [-0.3, -0.25) is 4.79 Å². The average Bonchev–Trinajstić information content (AvgIpc) is 2.87. The fourth-order valence-corrected chi connectivity index (χ4v) is 3.58. The van der Waals surface area contributed by atoms with E-state index in [1.54, 1.807) is 7.11 Å². The first-order valence-corrected chi connectivity index (χ1v) is 8.05. The first kappa shape index (κ1) is 19.1. The van der Waals surface area contributed by atoms with Gasteiger partial charge in [-0.05, 0) is 42.8 Å². The van der Waals surface area contributed by atoms with Gasteiger partial charge >= 0.3 is 0 Å². The van der Waals surface area contributed by atoms with Gasteiger partial charge in [-0.1, -0.05) is 0 Å². The van der Waals surface area contributed by atoms with Crippen LogP contribution in [0.4, 0.5) is 15.8 Å². The Labute approximate surface area is 154 Å². The second kappa shape index (κ2) is 7.77. The number of methoxy groups -OCH3 is 1. The summed E-state index contributed by atoms with van der Waals surface area (Å²) in [6.07, 6.45) is 0. The van der Waals surface area contributed by atoms with E-state index in [1.165, 1.54) is 35.6 Å². The Morgan fingerprint density at radius 3 is 2.68 bits per heavy atom. The second-order valence-corrected chi connectivity index (χ2v) is 6.34. The number of nitrogen functional groups attached to an aromatic ring is 1. The highest BCUT2D eigenvalue weighted by Gasteiger charge is 2.20. The van der Waals surface area contributed by atoms with Crippen LogP contribution in [0, 0.1) is 12.7 Å². The Morgan fingerprint density at radius 1 is 1.36 bits per heavy atom. The van der Waals surface area contributed by atoms with Crippen LogP contribution in [0.25, 0.3) is 10.2 Å². The number of fused-ring (bicyclic) bond motifs is 1. The number of amides is 1. The topological polar surface area (TPSA) is 77.2 Å². The number of carbonyl (C=O) groups is 1. The molecule has 1 amide bonds. The number of carbonyl (C=O) groups excluding carboxylic acids is 1. The maximum Gasteiger partial charge on any atom is 0.267 e. The van der Waals surface area contributed by atoms with Crippen molar-refractivity contribution in [3.05, 3.63) is 52.3 Å². The lowest BCUT2D eigenvalue weighted by molar-refractivity contribution is 0.103. The fourth-order valence-electron chi connectivity index (χ4n) is 2.50. The van der Waals surface area contributed by atoms with Gasteiger partial charge in [0, 0.05) is 23.9 Å². The van der Waals surface area contributed by atoms with Gasteiger partial charge in [0.25, 0.3) is 5.91 Å². The second-order valence-electron chi connectivity index (χ2n) is 5.34. The largest absolute Gasteiger partial charge is 0.397 e. The predicted octanol–water partition coefficient (Wildman–Crippen LogP) is 4.15. The van der Waals surface area contributed by atoms with E-state index in [4.69, 9.17) is 10.5 Å². The summed E-state index contributed by atoms with van der Waals surface area (Å²) in [7, 11) is 1.60. The highest BCUT2D eigenvalue weighted by molar-refractivity contribution is 7.21. The number of anilines is 2. The highest BCUT2D eigenvalue weighted by atomic mass is 35.5. The molecule has 132 valence electrons. The summed E-state index contributed by atoms with van der Waals surface area (Å²) in [6.45, 7) is 2.27. The molecule has 0 spiro atoms. The normalized spacial score (nSPS) is 10.5. The number of pyridine rings is 1. The van der Waals surface area contributed by atoms with E-state index in [-0.39, 0.29) is 24.1 Å². The molecule has 1 aromatic carbocycles. The number of rotatable bonds is 4. The predicted molar refractivity (Wildman–Crippen MR) is 101 cm³/mol.